The Morgan fingerprint density at radius 1 is 1.27 bits per heavy atom. The summed E-state index contributed by atoms with van der Waals surface area (Å²) in [6.07, 6.45) is 9.51. The zero-order chi connectivity index (χ0) is 15.5. The predicted molar refractivity (Wildman–Crippen MR) is 83.4 cm³/mol. The smallest absolute Gasteiger partial charge is 0.108 e. The monoisotopic (exact) mass is 308 g/mol. The fraction of sp³-hybridized carbons (Fsp3) is 0.875. The van der Waals surface area contributed by atoms with Gasteiger partial charge >= 0.3 is 0 Å². The van der Waals surface area contributed by atoms with Crippen LogP contribution in [0.3, 0.4) is 0 Å². The lowest BCUT2D eigenvalue weighted by molar-refractivity contribution is -0.0452. The van der Waals surface area contributed by atoms with Gasteiger partial charge in [0.15, 0.2) is 0 Å². The van der Waals surface area contributed by atoms with Gasteiger partial charge < -0.3 is 15.2 Å². The third kappa shape index (κ3) is 3.67. The van der Waals surface area contributed by atoms with Crippen LogP contribution in [0.15, 0.2) is 6.20 Å². The quantitative estimate of drug-likeness (QED) is 0.887. The van der Waals surface area contributed by atoms with Crippen LogP contribution in [0.4, 0.5) is 0 Å². The van der Waals surface area contributed by atoms with Crippen molar-refractivity contribution < 1.29 is 9.84 Å². The molecule has 0 aromatic carbocycles. The van der Waals surface area contributed by atoms with Crippen molar-refractivity contribution in [2.45, 2.75) is 89.3 Å². The maximum absolute atomic E-state index is 9.19. The van der Waals surface area contributed by atoms with Crippen molar-refractivity contribution in [2.75, 3.05) is 0 Å². The third-order valence-electron chi connectivity index (χ3n) is 4.94. The van der Waals surface area contributed by atoms with E-state index in [1.54, 1.807) is 0 Å². The molecule has 22 heavy (non-hydrogen) atoms. The van der Waals surface area contributed by atoms with E-state index in [2.05, 4.69) is 29.5 Å². The van der Waals surface area contributed by atoms with E-state index in [1.165, 1.54) is 19.3 Å². The molecule has 0 amide bonds. The van der Waals surface area contributed by atoms with Gasteiger partial charge in [-0.2, -0.15) is 0 Å². The normalized spacial score (nSPS) is 36.4. The van der Waals surface area contributed by atoms with Crippen molar-refractivity contribution in [3.8, 4) is 0 Å². The molecular weight excluding hydrogens is 280 g/mol. The van der Waals surface area contributed by atoms with Crippen LogP contribution in [-0.4, -0.2) is 44.4 Å². The Hall–Kier alpha value is -0.980. The molecule has 124 valence electrons. The van der Waals surface area contributed by atoms with Gasteiger partial charge in [0.25, 0.3) is 0 Å². The van der Waals surface area contributed by atoms with Gasteiger partial charge in [-0.25, -0.2) is 4.68 Å². The first-order valence-corrected chi connectivity index (χ1v) is 8.58. The summed E-state index contributed by atoms with van der Waals surface area (Å²) in [5, 5.41) is 21.3. The molecule has 1 aliphatic carbocycles. The first kappa shape index (κ1) is 15.9. The van der Waals surface area contributed by atoms with E-state index in [0.717, 1.165) is 19.3 Å². The largest absolute Gasteiger partial charge is 0.390 e. The zero-order valence-corrected chi connectivity index (χ0v) is 13.6. The highest BCUT2D eigenvalue weighted by atomic mass is 16.5. The maximum atomic E-state index is 9.19. The molecule has 1 saturated heterocycles. The Kier molecular flexibility index (Phi) is 5.10. The first-order chi connectivity index (χ1) is 10.7. The summed E-state index contributed by atoms with van der Waals surface area (Å²) in [5.74, 6) is 0. The number of aliphatic hydroxyl groups is 1. The van der Waals surface area contributed by atoms with Gasteiger partial charge in [0.05, 0.1) is 31.1 Å². The molecule has 6 nitrogen and oxygen atoms in total. The molecule has 2 fully saturated rings. The van der Waals surface area contributed by atoms with E-state index in [0.29, 0.717) is 36.0 Å². The van der Waals surface area contributed by atoms with Crippen LogP contribution in [0, 0.1) is 0 Å². The molecule has 3 rings (SSSR count). The molecule has 6 heteroatoms. The Bertz CT molecular complexity index is 468. The lowest BCUT2D eigenvalue weighted by atomic mass is 9.88. The molecule has 0 bridgehead atoms. The minimum Gasteiger partial charge on any atom is -0.390 e. The van der Waals surface area contributed by atoms with Crippen LogP contribution < -0.4 is 5.32 Å². The van der Waals surface area contributed by atoms with Crippen LogP contribution >= 0.6 is 0 Å². The molecule has 2 heterocycles. The second-order valence-electron chi connectivity index (χ2n) is 6.90. The number of aromatic nitrogens is 3. The Labute approximate surface area is 132 Å². The highest BCUT2D eigenvalue weighted by Gasteiger charge is 2.32. The van der Waals surface area contributed by atoms with Crippen LogP contribution in [0.2, 0.25) is 0 Å². The van der Waals surface area contributed by atoms with Crippen LogP contribution in [0.5, 0.6) is 0 Å². The van der Waals surface area contributed by atoms with Gasteiger partial charge in [-0.15, -0.1) is 5.10 Å². The van der Waals surface area contributed by atoms with Crippen molar-refractivity contribution in [1.29, 1.82) is 0 Å². The standard InChI is InChI=1S/C16H28N4O2/c1-11-7-13(8-12(2)22-11)17-15-5-3-4-6-16(15)20-9-14(10-21)18-19-20/h9,11-13,15-17,21H,3-8,10H2,1-2H3/t11-,12-,15-,16+/m0/s1. The highest BCUT2D eigenvalue weighted by Crippen LogP contribution is 2.30. The average Bonchev–Trinajstić information content (AvgIpc) is 2.95. The van der Waals surface area contributed by atoms with Crippen LogP contribution in [0.25, 0.3) is 0 Å². The van der Waals surface area contributed by atoms with Crippen molar-refractivity contribution >= 4 is 0 Å². The molecule has 2 N–H and O–H groups in total. The summed E-state index contributed by atoms with van der Waals surface area (Å²) in [6.45, 7) is 4.28. The molecule has 0 radical (unpaired) electrons. The van der Waals surface area contributed by atoms with Crippen molar-refractivity contribution in [3.05, 3.63) is 11.9 Å². The van der Waals surface area contributed by atoms with Crippen LogP contribution in [-0.2, 0) is 11.3 Å². The zero-order valence-electron chi connectivity index (χ0n) is 13.6. The van der Waals surface area contributed by atoms with E-state index >= 15 is 0 Å². The Balaban J connectivity index is 1.67. The molecule has 1 saturated carbocycles. The van der Waals surface area contributed by atoms with Gasteiger partial charge in [0.2, 0.25) is 0 Å². The molecule has 0 spiro atoms. The fourth-order valence-electron chi connectivity index (χ4n) is 4.01. The predicted octanol–water partition coefficient (Wildman–Crippen LogP) is 1.80. The third-order valence-corrected chi connectivity index (χ3v) is 4.94. The van der Waals surface area contributed by atoms with Crippen LogP contribution in [0.1, 0.15) is 64.1 Å². The summed E-state index contributed by atoms with van der Waals surface area (Å²) in [5.41, 5.74) is 0.651. The van der Waals surface area contributed by atoms with Crippen molar-refractivity contribution in [3.63, 3.8) is 0 Å². The lowest BCUT2D eigenvalue weighted by Crippen LogP contribution is -2.49. The van der Waals surface area contributed by atoms with E-state index in [4.69, 9.17) is 4.74 Å². The number of rotatable bonds is 4. The summed E-state index contributed by atoms with van der Waals surface area (Å²) >= 11 is 0. The molecule has 2 aliphatic rings. The highest BCUT2D eigenvalue weighted by molar-refractivity contribution is 4.95. The Morgan fingerprint density at radius 2 is 2.00 bits per heavy atom. The molecule has 1 aliphatic heterocycles. The van der Waals surface area contributed by atoms with Gasteiger partial charge in [-0.05, 0) is 39.5 Å². The number of nitrogens with one attached hydrogen (secondary N) is 1. The summed E-state index contributed by atoms with van der Waals surface area (Å²) in [6, 6.07) is 1.30. The second-order valence-corrected chi connectivity index (χ2v) is 6.90. The average molecular weight is 308 g/mol. The second kappa shape index (κ2) is 7.06. The van der Waals surface area contributed by atoms with Gasteiger partial charge in [-0.3, -0.25) is 0 Å². The fourth-order valence-corrected chi connectivity index (χ4v) is 4.01. The van der Waals surface area contributed by atoms with Gasteiger partial charge in [0.1, 0.15) is 5.69 Å². The van der Waals surface area contributed by atoms with E-state index < -0.39 is 0 Å². The van der Waals surface area contributed by atoms with Gasteiger partial charge in [0, 0.05) is 12.1 Å². The molecule has 1 aromatic rings. The number of aliphatic hydroxyl groups excluding tert-OH is 1. The topological polar surface area (TPSA) is 72.2 Å². The summed E-state index contributed by atoms with van der Waals surface area (Å²) in [7, 11) is 0. The molecule has 1 aromatic heterocycles. The van der Waals surface area contributed by atoms with E-state index in [-0.39, 0.29) is 6.61 Å². The SMILES string of the molecule is C[C@H]1CC(N[C@H]2CCCC[C@H]2n2cc(CO)nn2)C[C@H](C)O1. The van der Waals surface area contributed by atoms with E-state index in [9.17, 15) is 5.11 Å². The van der Waals surface area contributed by atoms with Gasteiger partial charge in [-0.1, -0.05) is 18.1 Å². The van der Waals surface area contributed by atoms with E-state index in [1.807, 2.05) is 10.9 Å². The molecule has 0 unspecified atom stereocenters. The number of hydrogen-bond donors (Lipinski definition) is 2. The lowest BCUT2D eigenvalue weighted by Gasteiger charge is -2.39. The summed E-state index contributed by atoms with van der Waals surface area (Å²) < 4.78 is 7.79. The van der Waals surface area contributed by atoms with Crippen molar-refractivity contribution in [1.82, 2.24) is 20.3 Å². The minimum absolute atomic E-state index is 0.0419. The number of nitrogens with zero attached hydrogens (tertiary/aromatic N) is 3. The molecular formula is C16H28N4O2. The molecule has 4 atom stereocenters. The summed E-state index contributed by atoms with van der Waals surface area (Å²) in [4.78, 5) is 0. The number of hydrogen-bond acceptors (Lipinski definition) is 5. The number of ether oxygens (including phenoxy) is 1. The maximum Gasteiger partial charge on any atom is 0.108 e. The van der Waals surface area contributed by atoms with Crippen molar-refractivity contribution in [2.24, 2.45) is 0 Å². The first-order valence-electron chi connectivity index (χ1n) is 8.58. The minimum atomic E-state index is -0.0419. The Morgan fingerprint density at radius 3 is 2.68 bits per heavy atom.